The molecule has 2 aliphatic rings. The monoisotopic (exact) mass is 182 g/mol. The highest BCUT2D eigenvalue weighted by molar-refractivity contribution is 4.89. The van der Waals surface area contributed by atoms with Crippen molar-refractivity contribution < 1.29 is 0 Å². The van der Waals surface area contributed by atoms with Crippen LogP contribution in [0.5, 0.6) is 0 Å². The Morgan fingerprint density at radius 1 is 1.23 bits per heavy atom. The summed E-state index contributed by atoms with van der Waals surface area (Å²) < 4.78 is 0. The number of nitrogens with zero attached hydrogens (tertiary/aromatic N) is 1. The SMILES string of the molecule is CC(C)CN1CC[C@H]2CC[C@@H](C1)N2. The van der Waals surface area contributed by atoms with Crippen LogP contribution in [0.3, 0.4) is 0 Å². The summed E-state index contributed by atoms with van der Waals surface area (Å²) in [7, 11) is 0. The molecular formula is C11H22N2. The Balaban J connectivity index is 1.86. The quantitative estimate of drug-likeness (QED) is 0.695. The molecule has 0 saturated carbocycles. The van der Waals surface area contributed by atoms with Crippen LogP contribution in [0.15, 0.2) is 0 Å². The predicted octanol–water partition coefficient (Wildman–Crippen LogP) is 1.47. The van der Waals surface area contributed by atoms with Crippen LogP contribution in [0.25, 0.3) is 0 Å². The highest BCUT2D eigenvalue weighted by Gasteiger charge is 2.28. The molecule has 0 unspecified atom stereocenters. The van der Waals surface area contributed by atoms with Gasteiger partial charge in [-0.25, -0.2) is 0 Å². The van der Waals surface area contributed by atoms with Gasteiger partial charge in [-0.2, -0.15) is 0 Å². The van der Waals surface area contributed by atoms with Crippen molar-refractivity contribution in [2.24, 2.45) is 5.92 Å². The normalized spacial score (nSPS) is 35.3. The molecule has 2 atom stereocenters. The van der Waals surface area contributed by atoms with E-state index in [0.29, 0.717) is 0 Å². The molecule has 2 fully saturated rings. The molecule has 1 N–H and O–H groups in total. The average Bonchev–Trinajstić information content (AvgIpc) is 2.36. The largest absolute Gasteiger partial charge is 0.310 e. The second kappa shape index (κ2) is 3.97. The molecule has 0 radical (unpaired) electrons. The molecule has 2 nitrogen and oxygen atoms in total. The van der Waals surface area contributed by atoms with Crippen LogP contribution >= 0.6 is 0 Å². The summed E-state index contributed by atoms with van der Waals surface area (Å²) in [4.78, 5) is 2.64. The Morgan fingerprint density at radius 2 is 2.00 bits per heavy atom. The van der Waals surface area contributed by atoms with Gasteiger partial charge in [0.1, 0.15) is 0 Å². The maximum absolute atomic E-state index is 3.71. The summed E-state index contributed by atoms with van der Waals surface area (Å²) in [5.41, 5.74) is 0. The minimum atomic E-state index is 0.797. The highest BCUT2D eigenvalue weighted by atomic mass is 15.2. The average molecular weight is 182 g/mol. The standard InChI is InChI=1S/C11H22N2/c1-9(2)7-13-6-5-10-3-4-11(8-13)12-10/h9-12H,3-8H2,1-2H3/t10-,11+/m1/s1. The van der Waals surface area contributed by atoms with Crippen molar-refractivity contribution >= 4 is 0 Å². The third kappa shape index (κ3) is 2.44. The minimum Gasteiger partial charge on any atom is -0.310 e. The van der Waals surface area contributed by atoms with Crippen molar-refractivity contribution in [2.75, 3.05) is 19.6 Å². The van der Waals surface area contributed by atoms with Crippen LogP contribution in [0.2, 0.25) is 0 Å². The first-order valence-electron chi connectivity index (χ1n) is 5.72. The lowest BCUT2D eigenvalue weighted by atomic mass is 10.1. The van der Waals surface area contributed by atoms with Gasteiger partial charge in [-0.3, -0.25) is 0 Å². The minimum absolute atomic E-state index is 0.797. The van der Waals surface area contributed by atoms with Crippen LogP contribution in [-0.2, 0) is 0 Å². The molecule has 2 rings (SSSR count). The molecule has 76 valence electrons. The molecule has 0 aromatic heterocycles. The van der Waals surface area contributed by atoms with E-state index in [9.17, 15) is 0 Å². The van der Waals surface area contributed by atoms with Crippen molar-refractivity contribution in [2.45, 2.75) is 45.2 Å². The number of hydrogen-bond acceptors (Lipinski definition) is 2. The van der Waals surface area contributed by atoms with E-state index in [1.807, 2.05) is 0 Å². The topological polar surface area (TPSA) is 15.3 Å². The zero-order valence-electron chi connectivity index (χ0n) is 8.92. The summed E-state index contributed by atoms with van der Waals surface area (Å²) in [6, 6.07) is 1.63. The van der Waals surface area contributed by atoms with Crippen LogP contribution in [0.1, 0.15) is 33.1 Å². The molecule has 2 heteroatoms. The van der Waals surface area contributed by atoms with Gasteiger partial charge in [-0.05, 0) is 31.7 Å². The van der Waals surface area contributed by atoms with E-state index in [2.05, 4.69) is 24.1 Å². The smallest absolute Gasteiger partial charge is 0.0198 e. The summed E-state index contributed by atoms with van der Waals surface area (Å²) in [5, 5.41) is 3.71. The molecule has 13 heavy (non-hydrogen) atoms. The number of fused-ring (bicyclic) bond motifs is 2. The van der Waals surface area contributed by atoms with Gasteiger partial charge in [0, 0.05) is 25.2 Å². The number of nitrogens with one attached hydrogen (secondary N) is 1. The van der Waals surface area contributed by atoms with Gasteiger partial charge in [0.25, 0.3) is 0 Å². The summed E-state index contributed by atoms with van der Waals surface area (Å²) in [6.45, 7) is 8.51. The van der Waals surface area contributed by atoms with Crippen LogP contribution < -0.4 is 5.32 Å². The van der Waals surface area contributed by atoms with Crippen molar-refractivity contribution in [3.63, 3.8) is 0 Å². The van der Waals surface area contributed by atoms with E-state index in [1.54, 1.807) is 0 Å². The van der Waals surface area contributed by atoms with E-state index in [0.717, 1.165) is 18.0 Å². The maximum Gasteiger partial charge on any atom is 0.0198 e. The molecule has 0 aromatic rings. The fourth-order valence-corrected chi connectivity index (χ4v) is 2.70. The van der Waals surface area contributed by atoms with E-state index in [4.69, 9.17) is 0 Å². The summed E-state index contributed by atoms with van der Waals surface area (Å²) >= 11 is 0. The van der Waals surface area contributed by atoms with Gasteiger partial charge in [-0.15, -0.1) is 0 Å². The third-order valence-electron chi connectivity index (χ3n) is 3.23. The van der Waals surface area contributed by atoms with Gasteiger partial charge >= 0.3 is 0 Å². The van der Waals surface area contributed by atoms with Gasteiger partial charge < -0.3 is 10.2 Å². The zero-order valence-corrected chi connectivity index (χ0v) is 8.92. The molecule has 2 heterocycles. The lowest BCUT2D eigenvalue weighted by Gasteiger charge is -2.25. The lowest BCUT2D eigenvalue weighted by Crippen LogP contribution is -2.37. The second-order valence-electron chi connectivity index (χ2n) is 5.08. The second-order valence-corrected chi connectivity index (χ2v) is 5.08. The van der Waals surface area contributed by atoms with Gasteiger partial charge in [-0.1, -0.05) is 13.8 Å². The maximum atomic E-state index is 3.71. The first-order valence-corrected chi connectivity index (χ1v) is 5.72. The molecule has 0 aromatic carbocycles. The Labute approximate surface area is 81.7 Å². The number of rotatable bonds is 2. The number of likely N-dealkylation sites (tertiary alicyclic amines) is 1. The van der Waals surface area contributed by atoms with Gasteiger partial charge in [0.05, 0.1) is 0 Å². The van der Waals surface area contributed by atoms with Crippen molar-refractivity contribution in [1.82, 2.24) is 10.2 Å². The molecule has 0 spiro atoms. The summed E-state index contributed by atoms with van der Waals surface area (Å²) in [6.07, 6.45) is 4.18. The predicted molar refractivity (Wildman–Crippen MR) is 55.8 cm³/mol. The van der Waals surface area contributed by atoms with Gasteiger partial charge in [0.15, 0.2) is 0 Å². The van der Waals surface area contributed by atoms with E-state index >= 15 is 0 Å². The molecular weight excluding hydrogens is 160 g/mol. The third-order valence-corrected chi connectivity index (χ3v) is 3.23. The fraction of sp³-hybridized carbons (Fsp3) is 1.00. The molecule has 2 bridgehead atoms. The first-order chi connectivity index (χ1) is 6.24. The highest BCUT2D eigenvalue weighted by Crippen LogP contribution is 2.20. The van der Waals surface area contributed by atoms with Gasteiger partial charge in [0.2, 0.25) is 0 Å². The lowest BCUT2D eigenvalue weighted by molar-refractivity contribution is 0.232. The van der Waals surface area contributed by atoms with Crippen LogP contribution in [0, 0.1) is 5.92 Å². The van der Waals surface area contributed by atoms with E-state index < -0.39 is 0 Å². The molecule has 0 aliphatic carbocycles. The van der Waals surface area contributed by atoms with Crippen molar-refractivity contribution in [3.8, 4) is 0 Å². The molecule has 2 saturated heterocycles. The first kappa shape index (κ1) is 9.47. The Bertz CT molecular complexity index is 167. The zero-order chi connectivity index (χ0) is 9.26. The van der Waals surface area contributed by atoms with Crippen LogP contribution in [0.4, 0.5) is 0 Å². The Kier molecular flexibility index (Phi) is 2.89. The summed E-state index contributed by atoms with van der Waals surface area (Å²) in [5.74, 6) is 0.816. The fourth-order valence-electron chi connectivity index (χ4n) is 2.70. The van der Waals surface area contributed by atoms with Crippen molar-refractivity contribution in [1.29, 1.82) is 0 Å². The Hall–Kier alpha value is -0.0800. The van der Waals surface area contributed by atoms with Crippen LogP contribution in [-0.4, -0.2) is 36.6 Å². The van der Waals surface area contributed by atoms with E-state index in [-0.39, 0.29) is 0 Å². The number of hydrogen-bond donors (Lipinski definition) is 1. The molecule has 2 aliphatic heterocycles. The van der Waals surface area contributed by atoms with E-state index in [1.165, 1.54) is 38.9 Å². The Morgan fingerprint density at radius 3 is 2.77 bits per heavy atom. The van der Waals surface area contributed by atoms with Crippen molar-refractivity contribution in [3.05, 3.63) is 0 Å². The molecule has 0 amide bonds.